The molecule has 0 atom stereocenters. The normalized spacial score (nSPS) is 11.1. The Morgan fingerprint density at radius 3 is 2.14 bits per heavy atom. The number of hydrogen-bond donors (Lipinski definition) is 1. The van der Waals surface area contributed by atoms with E-state index in [2.05, 4.69) is 4.74 Å². The number of halogens is 3. The summed E-state index contributed by atoms with van der Waals surface area (Å²) in [5, 5.41) is 8.71. The molecule has 0 aromatic heterocycles. The lowest BCUT2D eigenvalue weighted by Crippen LogP contribution is -2.40. The molecule has 0 saturated heterocycles. The first-order valence-corrected chi connectivity index (χ1v) is 6.72. The fraction of sp³-hybridized carbons (Fsp3) is 0.357. The third-order valence-corrected chi connectivity index (χ3v) is 3.74. The number of carbonyl (C=O) groups is 3. The predicted molar refractivity (Wildman–Crippen MR) is 72.4 cm³/mol. The molecule has 0 bridgehead atoms. The SMILES string of the molecule is CCC(CC)(C(=O)O)C(=O)OC(=O)c1cc(F)c(F)cc1Cl. The van der Waals surface area contributed by atoms with Crippen molar-refractivity contribution in [1.82, 2.24) is 0 Å². The molecule has 0 aliphatic carbocycles. The van der Waals surface area contributed by atoms with Crippen molar-refractivity contribution in [1.29, 1.82) is 0 Å². The van der Waals surface area contributed by atoms with Crippen LogP contribution < -0.4 is 0 Å². The molecule has 0 radical (unpaired) electrons. The van der Waals surface area contributed by atoms with Gasteiger partial charge in [-0.15, -0.1) is 0 Å². The minimum atomic E-state index is -1.89. The lowest BCUT2D eigenvalue weighted by molar-refractivity contribution is -0.165. The molecule has 120 valence electrons. The van der Waals surface area contributed by atoms with E-state index in [4.69, 9.17) is 16.7 Å². The van der Waals surface area contributed by atoms with Gasteiger partial charge in [-0.25, -0.2) is 13.6 Å². The smallest absolute Gasteiger partial charge is 0.347 e. The number of benzene rings is 1. The van der Waals surface area contributed by atoms with Crippen molar-refractivity contribution in [2.75, 3.05) is 0 Å². The van der Waals surface area contributed by atoms with Gasteiger partial charge in [-0.3, -0.25) is 9.59 Å². The summed E-state index contributed by atoms with van der Waals surface area (Å²) in [6.07, 6.45) is -0.201. The number of ether oxygens (including phenoxy) is 1. The van der Waals surface area contributed by atoms with E-state index in [1.807, 2.05) is 0 Å². The van der Waals surface area contributed by atoms with Gasteiger partial charge in [0.05, 0.1) is 10.6 Å². The lowest BCUT2D eigenvalue weighted by atomic mass is 9.82. The molecule has 1 N–H and O–H groups in total. The highest BCUT2D eigenvalue weighted by Gasteiger charge is 2.45. The number of hydrogen-bond acceptors (Lipinski definition) is 4. The number of rotatable bonds is 5. The molecule has 1 aromatic carbocycles. The van der Waals surface area contributed by atoms with E-state index in [0.29, 0.717) is 12.1 Å². The molecule has 0 unspecified atom stereocenters. The summed E-state index contributed by atoms with van der Waals surface area (Å²) in [6, 6.07) is 1.04. The molecular weight excluding hydrogens is 322 g/mol. The van der Waals surface area contributed by atoms with E-state index in [1.54, 1.807) is 0 Å². The van der Waals surface area contributed by atoms with Crippen molar-refractivity contribution in [3.63, 3.8) is 0 Å². The summed E-state index contributed by atoms with van der Waals surface area (Å²) in [5.74, 6) is -6.68. The Hall–Kier alpha value is -2.02. The summed E-state index contributed by atoms with van der Waals surface area (Å²) < 4.78 is 30.6. The molecule has 0 spiro atoms. The van der Waals surface area contributed by atoms with Gasteiger partial charge >= 0.3 is 17.9 Å². The molecule has 0 fully saturated rings. The maximum absolute atomic E-state index is 13.1. The van der Waals surface area contributed by atoms with Crippen molar-refractivity contribution >= 4 is 29.5 Å². The van der Waals surface area contributed by atoms with Gasteiger partial charge in [-0.2, -0.15) is 0 Å². The van der Waals surface area contributed by atoms with Crippen LogP contribution in [0.25, 0.3) is 0 Å². The van der Waals surface area contributed by atoms with E-state index >= 15 is 0 Å². The van der Waals surface area contributed by atoms with Gasteiger partial charge in [0.2, 0.25) is 0 Å². The highest BCUT2D eigenvalue weighted by atomic mass is 35.5. The molecule has 1 aromatic rings. The predicted octanol–water partition coefficient (Wildman–Crippen LogP) is 3.19. The summed E-state index contributed by atoms with van der Waals surface area (Å²) in [7, 11) is 0. The Kier molecular flexibility index (Phi) is 5.59. The molecule has 0 aliphatic heterocycles. The first-order chi connectivity index (χ1) is 10.2. The summed E-state index contributed by atoms with van der Waals surface area (Å²) in [5.41, 5.74) is -2.46. The number of carbonyl (C=O) groups excluding carboxylic acids is 2. The van der Waals surface area contributed by atoms with Gasteiger partial charge in [-0.1, -0.05) is 25.4 Å². The fourth-order valence-corrected chi connectivity index (χ4v) is 2.07. The van der Waals surface area contributed by atoms with Gasteiger partial charge in [-0.05, 0) is 25.0 Å². The van der Waals surface area contributed by atoms with Crippen LogP contribution in [0.3, 0.4) is 0 Å². The maximum atomic E-state index is 13.1. The number of carboxylic acid groups (broad SMARTS) is 1. The summed E-state index contributed by atoms with van der Waals surface area (Å²) >= 11 is 5.59. The minimum Gasteiger partial charge on any atom is -0.480 e. The van der Waals surface area contributed by atoms with E-state index in [1.165, 1.54) is 13.8 Å². The first-order valence-electron chi connectivity index (χ1n) is 6.34. The Morgan fingerprint density at radius 2 is 1.68 bits per heavy atom. The average Bonchev–Trinajstić information content (AvgIpc) is 2.44. The fourth-order valence-electron chi connectivity index (χ4n) is 1.84. The quantitative estimate of drug-likeness (QED) is 0.508. The molecule has 8 heteroatoms. The maximum Gasteiger partial charge on any atom is 0.347 e. The van der Waals surface area contributed by atoms with E-state index in [0.717, 1.165) is 0 Å². The van der Waals surface area contributed by atoms with Crippen LogP contribution in [-0.4, -0.2) is 23.0 Å². The van der Waals surface area contributed by atoms with Crippen LogP contribution in [-0.2, 0) is 14.3 Å². The second-order valence-corrected chi connectivity index (χ2v) is 4.92. The summed E-state index contributed by atoms with van der Waals surface area (Å²) in [4.78, 5) is 35.1. The number of esters is 2. The van der Waals surface area contributed by atoms with Crippen LogP contribution >= 0.6 is 11.6 Å². The number of carboxylic acids is 1. The topological polar surface area (TPSA) is 80.7 Å². The van der Waals surface area contributed by atoms with Crippen molar-refractivity contribution in [3.8, 4) is 0 Å². The lowest BCUT2D eigenvalue weighted by Gasteiger charge is -2.23. The van der Waals surface area contributed by atoms with Gasteiger partial charge in [0.1, 0.15) is 0 Å². The highest BCUT2D eigenvalue weighted by Crippen LogP contribution is 2.30. The minimum absolute atomic E-state index is 0.101. The van der Waals surface area contributed by atoms with Crippen LogP contribution in [0, 0.1) is 17.0 Å². The average molecular weight is 335 g/mol. The van der Waals surface area contributed by atoms with Crippen molar-refractivity contribution in [3.05, 3.63) is 34.4 Å². The molecule has 0 saturated carbocycles. The van der Waals surface area contributed by atoms with Gasteiger partial charge in [0.25, 0.3) is 0 Å². The van der Waals surface area contributed by atoms with E-state index < -0.39 is 45.5 Å². The molecular formula is C14H13ClF2O5. The Balaban J connectivity index is 3.09. The van der Waals surface area contributed by atoms with Crippen molar-refractivity contribution in [2.45, 2.75) is 26.7 Å². The summed E-state index contributed by atoms with van der Waals surface area (Å²) in [6.45, 7) is 2.90. The number of aliphatic carboxylic acids is 1. The van der Waals surface area contributed by atoms with Crippen LogP contribution in [0.4, 0.5) is 8.78 Å². The zero-order valence-corrected chi connectivity index (χ0v) is 12.5. The third-order valence-electron chi connectivity index (χ3n) is 3.42. The molecule has 0 aliphatic rings. The van der Waals surface area contributed by atoms with Gasteiger partial charge in [0, 0.05) is 0 Å². The first kappa shape index (κ1) is 18.0. The second kappa shape index (κ2) is 6.83. The zero-order chi connectivity index (χ0) is 17.1. The monoisotopic (exact) mass is 334 g/mol. The van der Waals surface area contributed by atoms with Crippen molar-refractivity contribution < 1.29 is 33.0 Å². The molecule has 0 amide bonds. The van der Waals surface area contributed by atoms with Crippen LogP contribution in [0.1, 0.15) is 37.0 Å². The molecule has 1 rings (SSSR count). The highest BCUT2D eigenvalue weighted by molar-refractivity contribution is 6.33. The van der Waals surface area contributed by atoms with Crippen LogP contribution in [0.5, 0.6) is 0 Å². The van der Waals surface area contributed by atoms with Gasteiger partial charge < -0.3 is 9.84 Å². The van der Waals surface area contributed by atoms with Crippen molar-refractivity contribution in [2.24, 2.45) is 5.41 Å². The Bertz CT molecular complexity index is 626. The standard InChI is InChI=1S/C14H13ClF2O5/c1-3-14(4-2,12(19)20)13(21)22-11(18)7-5-9(16)10(17)6-8(7)15/h5-6H,3-4H2,1-2H3,(H,19,20). The second-order valence-electron chi connectivity index (χ2n) is 4.52. The Morgan fingerprint density at radius 1 is 1.18 bits per heavy atom. The molecule has 0 heterocycles. The van der Waals surface area contributed by atoms with Crippen LogP contribution in [0.2, 0.25) is 5.02 Å². The molecule has 22 heavy (non-hydrogen) atoms. The van der Waals surface area contributed by atoms with E-state index in [9.17, 15) is 23.2 Å². The van der Waals surface area contributed by atoms with Gasteiger partial charge in [0.15, 0.2) is 17.0 Å². The largest absolute Gasteiger partial charge is 0.480 e. The zero-order valence-electron chi connectivity index (χ0n) is 11.8. The Labute approximate surface area is 129 Å². The third kappa shape index (κ3) is 3.24. The molecule has 5 nitrogen and oxygen atoms in total. The van der Waals surface area contributed by atoms with Crippen LogP contribution in [0.15, 0.2) is 12.1 Å². The van der Waals surface area contributed by atoms with E-state index in [-0.39, 0.29) is 12.8 Å².